The number of amides is 2. The fraction of sp³-hybridized carbons (Fsp3) is 0.125. The van der Waals surface area contributed by atoms with Gasteiger partial charge < -0.3 is 14.8 Å². The molecule has 2 amide bonds. The molecule has 0 aliphatic rings. The van der Waals surface area contributed by atoms with Gasteiger partial charge in [-0.25, -0.2) is 5.43 Å². The van der Waals surface area contributed by atoms with Gasteiger partial charge >= 0.3 is 0 Å². The zero-order chi connectivity index (χ0) is 25.4. The predicted octanol–water partition coefficient (Wildman–Crippen LogP) is 6.48. The van der Waals surface area contributed by atoms with Gasteiger partial charge in [-0.15, -0.1) is 0 Å². The van der Waals surface area contributed by atoms with Gasteiger partial charge in [-0.3, -0.25) is 9.59 Å². The minimum absolute atomic E-state index is 0.195. The number of benzene rings is 3. The van der Waals surface area contributed by atoms with Gasteiger partial charge in [0.05, 0.1) is 27.9 Å². The number of carbonyl (C=O) groups is 2. The van der Waals surface area contributed by atoms with Gasteiger partial charge in [0.15, 0.2) is 18.1 Å². The van der Waals surface area contributed by atoms with E-state index >= 15 is 0 Å². The van der Waals surface area contributed by atoms with Crippen LogP contribution in [-0.2, 0) is 4.79 Å². The van der Waals surface area contributed by atoms with Gasteiger partial charge in [-0.05, 0) is 67.1 Å². The lowest BCUT2D eigenvalue weighted by molar-refractivity contribution is -0.118. The Morgan fingerprint density at radius 3 is 2.34 bits per heavy atom. The van der Waals surface area contributed by atoms with Crippen LogP contribution in [0, 0.1) is 0 Å². The number of halogens is 4. The first kappa shape index (κ1) is 26.6. The molecule has 11 heteroatoms. The first-order valence-corrected chi connectivity index (χ1v) is 11.7. The third kappa shape index (κ3) is 7.77. The normalized spacial score (nSPS) is 10.8. The minimum atomic E-state index is -0.433. The van der Waals surface area contributed by atoms with Crippen molar-refractivity contribution in [2.24, 2.45) is 5.10 Å². The van der Waals surface area contributed by atoms with Crippen molar-refractivity contribution in [2.75, 3.05) is 18.5 Å². The second-order valence-corrected chi connectivity index (χ2v) is 8.59. The molecule has 0 atom stereocenters. The third-order valence-corrected chi connectivity index (χ3v) is 5.64. The Kier molecular flexibility index (Phi) is 9.63. The van der Waals surface area contributed by atoms with Gasteiger partial charge in [0.25, 0.3) is 11.8 Å². The molecule has 0 saturated carbocycles. The number of anilines is 1. The second kappa shape index (κ2) is 12.7. The summed E-state index contributed by atoms with van der Waals surface area (Å²) < 4.78 is 11.2. The molecular weight excluding hydrogens is 536 g/mol. The number of nitrogens with zero attached hydrogens (tertiary/aromatic N) is 1. The Balaban J connectivity index is 1.65. The third-order valence-electron chi connectivity index (χ3n) is 4.37. The van der Waals surface area contributed by atoms with Gasteiger partial charge in [0.2, 0.25) is 0 Å². The molecular formula is C24H19Cl4N3O4. The van der Waals surface area contributed by atoms with Gasteiger partial charge in [-0.2, -0.15) is 5.10 Å². The standard InChI is InChI=1S/C24H19Cl4N3O4/c1-2-34-21-10-14(12-29-31-24(33)15-3-5-16(25)6-4-15)9-20(28)23(21)35-13-22(32)30-17-7-8-18(26)19(27)11-17/h3-12H,2,13H2,1H3,(H,30,32)(H,31,33)/b29-12+. The molecule has 3 rings (SSSR count). The molecule has 0 bridgehead atoms. The summed E-state index contributed by atoms with van der Waals surface area (Å²) in [6, 6.07) is 14.3. The van der Waals surface area contributed by atoms with Crippen molar-refractivity contribution in [3.8, 4) is 11.5 Å². The van der Waals surface area contributed by atoms with Crippen molar-refractivity contribution in [1.82, 2.24) is 5.43 Å². The maximum absolute atomic E-state index is 12.3. The Hall–Kier alpha value is -2.97. The van der Waals surface area contributed by atoms with Crippen LogP contribution in [0.3, 0.4) is 0 Å². The van der Waals surface area contributed by atoms with Crippen molar-refractivity contribution in [3.63, 3.8) is 0 Å². The molecule has 182 valence electrons. The molecule has 0 heterocycles. The molecule has 2 N–H and O–H groups in total. The zero-order valence-corrected chi connectivity index (χ0v) is 21.3. The van der Waals surface area contributed by atoms with Crippen LogP contribution >= 0.6 is 46.4 Å². The largest absolute Gasteiger partial charge is 0.490 e. The number of ether oxygens (including phenoxy) is 2. The molecule has 0 spiro atoms. The van der Waals surface area contributed by atoms with Crippen LogP contribution in [0.4, 0.5) is 5.69 Å². The zero-order valence-electron chi connectivity index (χ0n) is 18.3. The highest BCUT2D eigenvalue weighted by Crippen LogP contribution is 2.36. The van der Waals surface area contributed by atoms with E-state index in [9.17, 15) is 9.59 Å². The van der Waals surface area contributed by atoms with E-state index in [1.54, 1.807) is 55.5 Å². The molecule has 0 aliphatic carbocycles. The van der Waals surface area contributed by atoms with Crippen molar-refractivity contribution in [2.45, 2.75) is 6.92 Å². The average Bonchev–Trinajstić information content (AvgIpc) is 2.81. The monoisotopic (exact) mass is 553 g/mol. The molecule has 3 aromatic carbocycles. The van der Waals surface area contributed by atoms with Crippen molar-refractivity contribution in [3.05, 3.63) is 85.8 Å². The number of hydrazone groups is 1. The Bertz CT molecular complexity index is 1250. The highest BCUT2D eigenvalue weighted by Gasteiger charge is 2.15. The Labute approximate surface area is 221 Å². The summed E-state index contributed by atoms with van der Waals surface area (Å²) in [6.07, 6.45) is 1.41. The highest BCUT2D eigenvalue weighted by molar-refractivity contribution is 6.42. The minimum Gasteiger partial charge on any atom is -0.490 e. The van der Waals surface area contributed by atoms with E-state index in [1.807, 2.05) is 0 Å². The summed E-state index contributed by atoms with van der Waals surface area (Å²) in [5.41, 5.74) is 3.84. The first-order valence-electron chi connectivity index (χ1n) is 10.2. The van der Waals surface area contributed by atoms with Crippen molar-refractivity contribution >= 4 is 70.1 Å². The highest BCUT2D eigenvalue weighted by atomic mass is 35.5. The molecule has 35 heavy (non-hydrogen) atoms. The summed E-state index contributed by atoms with van der Waals surface area (Å²) >= 11 is 24.1. The van der Waals surface area contributed by atoms with E-state index in [0.717, 1.165) is 0 Å². The smallest absolute Gasteiger partial charge is 0.271 e. The van der Waals surface area contributed by atoms with Crippen LogP contribution in [0.1, 0.15) is 22.8 Å². The number of hydrogen-bond acceptors (Lipinski definition) is 5. The van der Waals surface area contributed by atoms with Gasteiger partial charge in [-0.1, -0.05) is 46.4 Å². The summed E-state index contributed by atoms with van der Waals surface area (Å²) in [7, 11) is 0. The number of hydrogen-bond donors (Lipinski definition) is 2. The fourth-order valence-electron chi connectivity index (χ4n) is 2.81. The van der Waals surface area contributed by atoms with Gasteiger partial charge in [0, 0.05) is 16.3 Å². The van der Waals surface area contributed by atoms with Crippen LogP contribution in [0.25, 0.3) is 0 Å². The molecule has 0 aromatic heterocycles. The molecule has 0 saturated heterocycles. The van der Waals surface area contributed by atoms with E-state index in [-0.39, 0.29) is 17.4 Å². The fourth-order valence-corrected chi connectivity index (χ4v) is 3.50. The number of carbonyl (C=O) groups excluding carboxylic acids is 2. The lowest BCUT2D eigenvalue weighted by atomic mass is 10.2. The van der Waals surface area contributed by atoms with Crippen LogP contribution in [0.5, 0.6) is 11.5 Å². The summed E-state index contributed by atoms with van der Waals surface area (Å²) in [5, 5.41) is 8.02. The lowest BCUT2D eigenvalue weighted by Crippen LogP contribution is -2.20. The topological polar surface area (TPSA) is 89.0 Å². The number of nitrogens with one attached hydrogen (secondary N) is 2. The SMILES string of the molecule is CCOc1cc(/C=N/NC(=O)c2ccc(Cl)cc2)cc(Cl)c1OCC(=O)Nc1ccc(Cl)c(Cl)c1. The van der Waals surface area contributed by atoms with Crippen LogP contribution in [-0.4, -0.2) is 31.2 Å². The lowest BCUT2D eigenvalue weighted by Gasteiger charge is -2.14. The molecule has 3 aromatic rings. The molecule has 0 radical (unpaired) electrons. The van der Waals surface area contributed by atoms with Gasteiger partial charge in [0.1, 0.15) is 0 Å². The van der Waals surface area contributed by atoms with Crippen LogP contribution < -0.4 is 20.2 Å². The quantitative estimate of drug-likeness (QED) is 0.234. The van der Waals surface area contributed by atoms with Crippen molar-refractivity contribution in [1.29, 1.82) is 0 Å². The van der Waals surface area contributed by atoms with E-state index in [4.69, 9.17) is 55.9 Å². The molecule has 0 aliphatic heterocycles. The summed E-state index contributed by atoms with van der Waals surface area (Å²) in [5.74, 6) is -0.326. The molecule has 0 fully saturated rings. The number of rotatable bonds is 9. The van der Waals surface area contributed by atoms with Crippen LogP contribution in [0.2, 0.25) is 20.1 Å². The Morgan fingerprint density at radius 1 is 0.914 bits per heavy atom. The first-order chi connectivity index (χ1) is 16.8. The Morgan fingerprint density at radius 2 is 1.66 bits per heavy atom. The maximum Gasteiger partial charge on any atom is 0.271 e. The molecule has 0 unspecified atom stereocenters. The molecule has 7 nitrogen and oxygen atoms in total. The second-order valence-electron chi connectivity index (χ2n) is 6.93. The predicted molar refractivity (Wildman–Crippen MR) is 140 cm³/mol. The maximum atomic E-state index is 12.3. The van der Waals surface area contributed by atoms with E-state index in [2.05, 4.69) is 15.8 Å². The van der Waals surface area contributed by atoms with E-state index in [1.165, 1.54) is 12.3 Å². The van der Waals surface area contributed by atoms with E-state index in [0.29, 0.717) is 44.2 Å². The van der Waals surface area contributed by atoms with Crippen LogP contribution in [0.15, 0.2) is 59.7 Å². The summed E-state index contributed by atoms with van der Waals surface area (Å²) in [6.45, 7) is 1.79. The van der Waals surface area contributed by atoms with Crippen molar-refractivity contribution < 1.29 is 19.1 Å². The van der Waals surface area contributed by atoms with E-state index < -0.39 is 11.8 Å². The summed E-state index contributed by atoms with van der Waals surface area (Å²) in [4.78, 5) is 24.5. The average molecular weight is 555 g/mol.